The summed E-state index contributed by atoms with van der Waals surface area (Å²) in [7, 11) is 0. The molecule has 1 heterocycles. The van der Waals surface area contributed by atoms with Crippen molar-refractivity contribution in [2.45, 2.75) is 26.2 Å². The van der Waals surface area contributed by atoms with Crippen molar-refractivity contribution in [1.82, 2.24) is 4.98 Å². The Morgan fingerprint density at radius 3 is 2.94 bits per heavy atom. The molecule has 1 aromatic rings. The molecular weight excluding hydrogens is 304 g/mol. The van der Waals surface area contributed by atoms with Crippen molar-refractivity contribution in [1.29, 1.82) is 0 Å². The smallest absolute Gasteiger partial charge is 0.227 e. The number of hydrogen-bond acceptors (Lipinski definition) is 2. The van der Waals surface area contributed by atoms with E-state index in [-0.39, 0.29) is 11.8 Å². The van der Waals surface area contributed by atoms with Gasteiger partial charge in [0.2, 0.25) is 5.91 Å². The largest absolute Gasteiger partial charge is 0.324 e. The maximum absolute atomic E-state index is 12.0. The zero-order valence-corrected chi connectivity index (χ0v) is 11.9. The van der Waals surface area contributed by atoms with E-state index >= 15 is 0 Å². The minimum atomic E-state index is 0.0889. The van der Waals surface area contributed by atoms with Crippen LogP contribution in [0, 0.1) is 11.8 Å². The van der Waals surface area contributed by atoms with Crippen LogP contribution in [0.1, 0.15) is 26.2 Å². The number of rotatable bonds is 2. The van der Waals surface area contributed by atoms with Gasteiger partial charge in [-0.1, -0.05) is 24.9 Å². The highest BCUT2D eigenvalue weighted by atomic mass is 79.9. The minimum absolute atomic E-state index is 0.0889. The Labute approximate surface area is 114 Å². The van der Waals surface area contributed by atoms with Gasteiger partial charge in [-0.05, 0) is 40.8 Å². The van der Waals surface area contributed by atoms with Crippen LogP contribution in [0.2, 0.25) is 5.15 Å². The zero-order chi connectivity index (χ0) is 12.4. The van der Waals surface area contributed by atoms with Gasteiger partial charge in [0.25, 0.3) is 0 Å². The molecule has 0 aliphatic heterocycles. The van der Waals surface area contributed by atoms with Crippen molar-refractivity contribution < 1.29 is 4.79 Å². The van der Waals surface area contributed by atoms with Gasteiger partial charge in [-0.15, -0.1) is 0 Å². The number of pyridine rings is 1. The van der Waals surface area contributed by atoms with Crippen LogP contribution in [-0.4, -0.2) is 10.9 Å². The van der Waals surface area contributed by atoms with Crippen molar-refractivity contribution >= 4 is 39.1 Å². The first-order chi connectivity index (χ1) is 8.08. The Kier molecular flexibility index (Phi) is 4.05. The minimum Gasteiger partial charge on any atom is -0.324 e. The molecular formula is C12H14BrClN2O. The SMILES string of the molecule is CC1CCCC1C(=O)Nc1cnc(Cl)c(Br)c1. The van der Waals surface area contributed by atoms with Crippen LogP contribution in [0.4, 0.5) is 5.69 Å². The highest BCUT2D eigenvalue weighted by Gasteiger charge is 2.29. The lowest BCUT2D eigenvalue weighted by atomic mass is 9.97. The highest BCUT2D eigenvalue weighted by Crippen LogP contribution is 2.32. The van der Waals surface area contributed by atoms with Gasteiger partial charge in [0.1, 0.15) is 5.15 Å². The summed E-state index contributed by atoms with van der Waals surface area (Å²) in [6, 6.07) is 1.77. The number of carbonyl (C=O) groups excluding carboxylic acids is 1. The molecule has 1 aliphatic rings. The molecule has 0 spiro atoms. The van der Waals surface area contributed by atoms with Gasteiger partial charge in [0.15, 0.2) is 0 Å². The molecule has 5 heteroatoms. The third kappa shape index (κ3) is 2.99. The fourth-order valence-electron chi connectivity index (χ4n) is 2.26. The van der Waals surface area contributed by atoms with Gasteiger partial charge in [-0.3, -0.25) is 4.79 Å². The van der Waals surface area contributed by atoms with Gasteiger partial charge in [0.05, 0.1) is 16.4 Å². The molecule has 2 rings (SSSR count). The van der Waals surface area contributed by atoms with Gasteiger partial charge in [-0.25, -0.2) is 4.98 Å². The Balaban J connectivity index is 2.05. The predicted octanol–water partition coefficient (Wildman–Crippen LogP) is 3.87. The van der Waals surface area contributed by atoms with Crippen molar-refractivity contribution in [3.05, 3.63) is 21.9 Å². The summed E-state index contributed by atoms with van der Waals surface area (Å²) in [4.78, 5) is 16.0. The maximum atomic E-state index is 12.0. The second-order valence-corrected chi connectivity index (χ2v) is 5.71. The van der Waals surface area contributed by atoms with Gasteiger partial charge in [-0.2, -0.15) is 0 Å². The Morgan fingerprint density at radius 2 is 2.35 bits per heavy atom. The summed E-state index contributed by atoms with van der Waals surface area (Å²) in [5.41, 5.74) is 0.686. The monoisotopic (exact) mass is 316 g/mol. The number of nitrogens with one attached hydrogen (secondary N) is 1. The fraction of sp³-hybridized carbons (Fsp3) is 0.500. The average molecular weight is 318 g/mol. The Hall–Kier alpha value is -0.610. The Morgan fingerprint density at radius 1 is 1.59 bits per heavy atom. The van der Waals surface area contributed by atoms with Crippen molar-refractivity contribution in [2.75, 3.05) is 5.32 Å². The molecule has 3 nitrogen and oxygen atoms in total. The van der Waals surface area contributed by atoms with E-state index in [4.69, 9.17) is 11.6 Å². The number of anilines is 1. The van der Waals surface area contributed by atoms with Crippen LogP contribution in [0.5, 0.6) is 0 Å². The standard InChI is InChI=1S/C12H14BrClN2O/c1-7-3-2-4-9(7)12(17)16-8-5-10(13)11(14)15-6-8/h5-7,9H,2-4H2,1H3,(H,16,17). The molecule has 17 heavy (non-hydrogen) atoms. The molecule has 1 N–H and O–H groups in total. The van der Waals surface area contributed by atoms with E-state index in [2.05, 4.69) is 33.2 Å². The van der Waals surface area contributed by atoms with Crippen LogP contribution in [-0.2, 0) is 4.79 Å². The van der Waals surface area contributed by atoms with Crippen molar-refractivity contribution in [3.63, 3.8) is 0 Å². The lowest BCUT2D eigenvalue weighted by molar-refractivity contribution is -0.120. The van der Waals surface area contributed by atoms with E-state index < -0.39 is 0 Å². The van der Waals surface area contributed by atoms with E-state index in [1.165, 1.54) is 0 Å². The molecule has 2 unspecified atom stereocenters. The van der Waals surface area contributed by atoms with Gasteiger partial charge < -0.3 is 5.32 Å². The summed E-state index contributed by atoms with van der Waals surface area (Å²) in [5, 5.41) is 3.29. The van der Waals surface area contributed by atoms with Crippen LogP contribution in [0.25, 0.3) is 0 Å². The molecule has 0 saturated heterocycles. The van der Waals surface area contributed by atoms with Crippen LogP contribution in [0.15, 0.2) is 16.7 Å². The second-order valence-electron chi connectivity index (χ2n) is 4.50. The summed E-state index contributed by atoms with van der Waals surface area (Å²) in [6.07, 6.45) is 4.84. The van der Waals surface area contributed by atoms with E-state index in [1.807, 2.05) is 0 Å². The number of aromatic nitrogens is 1. The molecule has 0 aromatic carbocycles. The molecule has 92 valence electrons. The predicted molar refractivity (Wildman–Crippen MR) is 72.1 cm³/mol. The van der Waals surface area contributed by atoms with E-state index in [0.717, 1.165) is 19.3 Å². The molecule has 1 amide bonds. The van der Waals surface area contributed by atoms with Crippen molar-refractivity contribution in [3.8, 4) is 0 Å². The first kappa shape index (κ1) is 12.8. The summed E-state index contributed by atoms with van der Waals surface area (Å²) >= 11 is 9.08. The normalized spacial score (nSPS) is 23.7. The molecule has 1 fully saturated rings. The molecule has 1 saturated carbocycles. The lowest BCUT2D eigenvalue weighted by Crippen LogP contribution is -2.24. The van der Waals surface area contributed by atoms with Crippen LogP contribution in [0.3, 0.4) is 0 Å². The first-order valence-corrected chi connectivity index (χ1v) is 6.87. The van der Waals surface area contributed by atoms with Crippen LogP contribution < -0.4 is 5.32 Å². The molecule has 2 atom stereocenters. The fourth-order valence-corrected chi connectivity index (χ4v) is 2.71. The number of carbonyl (C=O) groups is 1. The van der Waals surface area contributed by atoms with Gasteiger partial charge >= 0.3 is 0 Å². The Bertz CT molecular complexity index is 439. The molecule has 0 bridgehead atoms. The zero-order valence-electron chi connectivity index (χ0n) is 9.54. The summed E-state index contributed by atoms with van der Waals surface area (Å²) in [6.45, 7) is 2.13. The highest BCUT2D eigenvalue weighted by molar-refractivity contribution is 9.10. The maximum Gasteiger partial charge on any atom is 0.227 e. The number of hydrogen-bond donors (Lipinski definition) is 1. The molecule has 0 radical (unpaired) electrons. The number of amides is 1. The summed E-state index contributed by atoms with van der Waals surface area (Å²) in [5.74, 6) is 0.689. The van der Waals surface area contributed by atoms with E-state index in [1.54, 1.807) is 12.3 Å². The third-order valence-electron chi connectivity index (χ3n) is 3.26. The van der Waals surface area contributed by atoms with Gasteiger partial charge in [0, 0.05) is 5.92 Å². The molecule has 1 aliphatic carbocycles. The van der Waals surface area contributed by atoms with E-state index in [0.29, 0.717) is 21.2 Å². The topological polar surface area (TPSA) is 42.0 Å². The number of halogens is 2. The average Bonchev–Trinajstić information content (AvgIpc) is 2.70. The van der Waals surface area contributed by atoms with Crippen LogP contribution >= 0.6 is 27.5 Å². The summed E-state index contributed by atoms with van der Waals surface area (Å²) < 4.78 is 0.691. The lowest BCUT2D eigenvalue weighted by Gasteiger charge is -2.15. The third-order valence-corrected chi connectivity index (χ3v) is 4.40. The quantitative estimate of drug-likeness (QED) is 0.841. The van der Waals surface area contributed by atoms with E-state index in [9.17, 15) is 4.79 Å². The van der Waals surface area contributed by atoms with Crippen molar-refractivity contribution in [2.24, 2.45) is 11.8 Å². The molecule has 1 aromatic heterocycles. The first-order valence-electron chi connectivity index (χ1n) is 5.70. The number of nitrogens with zero attached hydrogens (tertiary/aromatic N) is 1. The second kappa shape index (κ2) is 5.36.